The van der Waals surface area contributed by atoms with Gasteiger partial charge in [0.2, 0.25) is 0 Å². The van der Waals surface area contributed by atoms with Crippen LogP contribution in [0, 0.1) is 6.92 Å². The lowest BCUT2D eigenvalue weighted by molar-refractivity contribution is -0.178. The fraction of sp³-hybridized carbons (Fsp3) is 0.750. The Morgan fingerprint density at radius 1 is 1.50 bits per heavy atom. The Hall–Kier alpha value is -0.950. The summed E-state index contributed by atoms with van der Waals surface area (Å²) in [6.07, 6.45) is 2.63. The van der Waals surface area contributed by atoms with E-state index < -0.39 is 6.10 Å². The Balaban J connectivity index is 1.96. The minimum absolute atomic E-state index is 0.0555. The summed E-state index contributed by atoms with van der Waals surface area (Å²) in [7, 11) is 3.90. The van der Waals surface area contributed by atoms with Crippen LogP contribution in [0.15, 0.2) is 12.4 Å². The number of nitrogens with zero attached hydrogens (tertiary/aromatic N) is 3. The number of aryl methyl sites for hydroxylation is 1. The number of rotatable bonds is 2. The van der Waals surface area contributed by atoms with E-state index in [1.54, 1.807) is 6.20 Å². The zero-order valence-electron chi connectivity index (χ0n) is 10.9. The molecule has 2 aliphatic rings. The van der Waals surface area contributed by atoms with Crippen molar-refractivity contribution in [1.29, 1.82) is 0 Å². The van der Waals surface area contributed by atoms with Gasteiger partial charge in [0.1, 0.15) is 18.0 Å². The first kappa shape index (κ1) is 12.1. The Morgan fingerprint density at radius 2 is 2.28 bits per heavy atom. The summed E-state index contributed by atoms with van der Waals surface area (Å²) < 4.78 is 13.5. The minimum atomic E-state index is -0.529. The highest BCUT2D eigenvalue weighted by atomic mass is 16.7. The molecule has 2 fully saturated rings. The lowest BCUT2D eigenvalue weighted by Gasteiger charge is -2.42. The van der Waals surface area contributed by atoms with Gasteiger partial charge < -0.3 is 24.0 Å². The third-order valence-electron chi connectivity index (χ3n) is 3.87. The summed E-state index contributed by atoms with van der Waals surface area (Å²) in [6, 6.07) is -0.297. The van der Waals surface area contributed by atoms with Gasteiger partial charge in [-0.15, -0.1) is 0 Å². The maximum absolute atomic E-state index is 10.6. The second-order valence-electron chi connectivity index (χ2n) is 5.19. The smallest absolute Gasteiger partial charge is 0.181 e. The summed E-state index contributed by atoms with van der Waals surface area (Å²) in [5.74, 6) is 0.856. The molecule has 18 heavy (non-hydrogen) atoms. The Labute approximate surface area is 106 Å². The molecule has 5 atom stereocenters. The average Bonchev–Trinajstić information content (AvgIpc) is 2.88. The Morgan fingerprint density at radius 3 is 2.89 bits per heavy atom. The fourth-order valence-corrected chi connectivity index (χ4v) is 3.02. The molecule has 1 aromatic rings. The van der Waals surface area contributed by atoms with Gasteiger partial charge in [0, 0.05) is 12.4 Å². The van der Waals surface area contributed by atoms with Crippen LogP contribution < -0.4 is 0 Å². The Bertz CT molecular complexity index is 434. The number of hydrogen-bond donors (Lipinski definition) is 1. The van der Waals surface area contributed by atoms with Gasteiger partial charge in [-0.1, -0.05) is 0 Å². The van der Waals surface area contributed by atoms with Gasteiger partial charge in [-0.05, 0) is 21.0 Å². The van der Waals surface area contributed by atoms with Crippen molar-refractivity contribution in [3.63, 3.8) is 0 Å². The molecule has 2 bridgehead atoms. The van der Waals surface area contributed by atoms with E-state index in [4.69, 9.17) is 9.47 Å². The zero-order chi connectivity index (χ0) is 12.9. The summed E-state index contributed by atoms with van der Waals surface area (Å²) in [6.45, 7) is 2.45. The number of aliphatic hydroxyl groups excluding tert-OH is 1. The van der Waals surface area contributed by atoms with Crippen LogP contribution in [0.25, 0.3) is 0 Å². The normalized spacial score (nSPS) is 39.5. The molecule has 1 aromatic heterocycles. The van der Waals surface area contributed by atoms with Gasteiger partial charge in [0.15, 0.2) is 6.29 Å². The van der Waals surface area contributed by atoms with Crippen molar-refractivity contribution in [2.75, 3.05) is 20.7 Å². The van der Waals surface area contributed by atoms with Gasteiger partial charge in [-0.25, -0.2) is 4.98 Å². The third kappa shape index (κ3) is 1.68. The van der Waals surface area contributed by atoms with E-state index in [1.807, 2.05) is 36.7 Å². The molecule has 0 amide bonds. The molecule has 0 aromatic carbocycles. The molecule has 2 aliphatic heterocycles. The topological polar surface area (TPSA) is 59.8 Å². The second kappa shape index (κ2) is 4.31. The average molecular weight is 253 g/mol. The van der Waals surface area contributed by atoms with Crippen LogP contribution in [0.4, 0.5) is 0 Å². The first-order valence-corrected chi connectivity index (χ1v) is 6.20. The van der Waals surface area contributed by atoms with Crippen molar-refractivity contribution in [2.45, 2.75) is 37.5 Å². The summed E-state index contributed by atoms with van der Waals surface area (Å²) in [5, 5.41) is 10.6. The summed E-state index contributed by atoms with van der Waals surface area (Å²) >= 11 is 0. The SMILES string of the molecule is Cc1nccn1[C@H]1[C@@H]2OC[C@@H](O2)[C@@H](N(C)C)[C@@H]1O. The van der Waals surface area contributed by atoms with Gasteiger partial charge in [0.25, 0.3) is 0 Å². The number of likely N-dealkylation sites (N-methyl/N-ethyl adjacent to an activating group) is 1. The zero-order valence-corrected chi connectivity index (χ0v) is 10.9. The van der Waals surface area contributed by atoms with Crippen molar-refractivity contribution in [1.82, 2.24) is 14.5 Å². The monoisotopic (exact) mass is 253 g/mol. The van der Waals surface area contributed by atoms with E-state index in [9.17, 15) is 5.11 Å². The van der Waals surface area contributed by atoms with Crippen molar-refractivity contribution < 1.29 is 14.6 Å². The molecular formula is C12H19N3O3. The lowest BCUT2D eigenvalue weighted by Crippen LogP contribution is -2.57. The predicted octanol–water partition coefficient (Wildman–Crippen LogP) is -0.221. The first-order valence-electron chi connectivity index (χ1n) is 6.20. The standard InChI is InChI=1S/C12H19N3O3/c1-7-13-4-5-15(7)10-11(16)9(14(2)3)8-6-17-12(10)18-8/h4-5,8-12,16H,6H2,1-3H3/t8-,9-,10-,11+,12-/m1/s1. The van der Waals surface area contributed by atoms with E-state index in [2.05, 4.69) is 4.98 Å². The number of fused-ring (bicyclic) bond motifs is 2. The molecule has 6 heteroatoms. The molecule has 100 valence electrons. The summed E-state index contributed by atoms with van der Waals surface area (Å²) in [5.41, 5.74) is 0. The molecule has 3 heterocycles. The maximum atomic E-state index is 10.6. The highest BCUT2D eigenvalue weighted by molar-refractivity contribution is 5.04. The van der Waals surface area contributed by atoms with Crippen LogP contribution in [0.1, 0.15) is 11.9 Å². The van der Waals surface area contributed by atoms with E-state index in [1.165, 1.54) is 0 Å². The van der Waals surface area contributed by atoms with Crippen LogP contribution >= 0.6 is 0 Å². The van der Waals surface area contributed by atoms with Gasteiger partial charge in [-0.2, -0.15) is 0 Å². The first-order chi connectivity index (χ1) is 8.59. The van der Waals surface area contributed by atoms with E-state index in [-0.39, 0.29) is 24.5 Å². The number of aromatic nitrogens is 2. The highest BCUT2D eigenvalue weighted by Gasteiger charge is 2.51. The van der Waals surface area contributed by atoms with Crippen LogP contribution in [-0.2, 0) is 9.47 Å². The summed E-state index contributed by atoms with van der Waals surface area (Å²) in [4.78, 5) is 6.21. The molecule has 3 rings (SSSR count). The fourth-order valence-electron chi connectivity index (χ4n) is 3.02. The van der Waals surface area contributed by atoms with Gasteiger partial charge in [-0.3, -0.25) is 0 Å². The highest BCUT2D eigenvalue weighted by Crippen LogP contribution is 2.37. The van der Waals surface area contributed by atoms with Crippen molar-refractivity contribution in [2.24, 2.45) is 0 Å². The maximum Gasteiger partial charge on any atom is 0.181 e. The van der Waals surface area contributed by atoms with Crippen molar-refractivity contribution >= 4 is 0 Å². The van der Waals surface area contributed by atoms with Gasteiger partial charge >= 0.3 is 0 Å². The van der Waals surface area contributed by atoms with Crippen molar-refractivity contribution in [3.8, 4) is 0 Å². The largest absolute Gasteiger partial charge is 0.389 e. The molecular weight excluding hydrogens is 234 g/mol. The number of imidazole rings is 1. The lowest BCUT2D eigenvalue weighted by atomic mass is 9.95. The quantitative estimate of drug-likeness (QED) is 0.789. The molecule has 6 nitrogen and oxygen atoms in total. The molecule has 0 aliphatic carbocycles. The van der Waals surface area contributed by atoms with Crippen LogP contribution in [0.3, 0.4) is 0 Å². The van der Waals surface area contributed by atoms with Crippen LogP contribution in [0.5, 0.6) is 0 Å². The van der Waals surface area contributed by atoms with Crippen LogP contribution in [-0.4, -0.2) is 64.8 Å². The predicted molar refractivity (Wildman–Crippen MR) is 64.1 cm³/mol. The Kier molecular flexibility index (Phi) is 2.90. The van der Waals surface area contributed by atoms with E-state index in [0.29, 0.717) is 6.61 Å². The van der Waals surface area contributed by atoms with Crippen molar-refractivity contribution in [3.05, 3.63) is 18.2 Å². The molecule has 0 radical (unpaired) electrons. The molecule has 0 saturated carbocycles. The molecule has 2 saturated heterocycles. The third-order valence-corrected chi connectivity index (χ3v) is 3.87. The number of aliphatic hydroxyl groups is 1. The van der Waals surface area contributed by atoms with E-state index in [0.717, 1.165) is 5.82 Å². The van der Waals surface area contributed by atoms with Crippen LogP contribution in [0.2, 0.25) is 0 Å². The molecule has 0 unspecified atom stereocenters. The number of hydrogen-bond acceptors (Lipinski definition) is 5. The van der Waals surface area contributed by atoms with E-state index >= 15 is 0 Å². The van der Waals surface area contributed by atoms with Gasteiger partial charge in [0.05, 0.1) is 18.8 Å². The second-order valence-corrected chi connectivity index (χ2v) is 5.19. The molecule has 1 N–H and O–H groups in total. The molecule has 0 spiro atoms. The minimum Gasteiger partial charge on any atom is -0.389 e. The number of ether oxygens (including phenoxy) is 2.